The van der Waals surface area contributed by atoms with Gasteiger partial charge < -0.3 is 10.6 Å². The summed E-state index contributed by atoms with van der Waals surface area (Å²) >= 11 is 2.84. The summed E-state index contributed by atoms with van der Waals surface area (Å²) in [6, 6.07) is 5.37. The van der Waals surface area contributed by atoms with E-state index in [4.69, 9.17) is 0 Å². The first kappa shape index (κ1) is 17.9. The summed E-state index contributed by atoms with van der Waals surface area (Å²) in [6.07, 6.45) is 0. The van der Waals surface area contributed by atoms with Crippen molar-refractivity contribution in [2.24, 2.45) is 5.92 Å². The van der Waals surface area contributed by atoms with Gasteiger partial charge in [0.1, 0.15) is 0 Å². The Morgan fingerprint density at radius 3 is 2.96 bits per heavy atom. The van der Waals surface area contributed by atoms with E-state index < -0.39 is 0 Å². The van der Waals surface area contributed by atoms with Gasteiger partial charge in [0.2, 0.25) is 11.0 Å². The van der Waals surface area contributed by atoms with E-state index in [2.05, 4.69) is 34.7 Å². The molecule has 1 aromatic heterocycles. The van der Waals surface area contributed by atoms with Gasteiger partial charge in [0.25, 0.3) is 0 Å². The predicted octanol–water partition coefficient (Wildman–Crippen LogP) is 3.64. The smallest absolute Gasteiger partial charge is 0.231 e. The molecule has 132 valence electrons. The number of nitrogens with zero attached hydrogens (tertiary/aromatic N) is 2. The molecular formula is C17H20N4O2S2. The summed E-state index contributed by atoms with van der Waals surface area (Å²) in [4.78, 5) is 24.1. The molecule has 25 heavy (non-hydrogen) atoms. The molecule has 1 aromatic carbocycles. The first-order valence-electron chi connectivity index (χ1n) is 8.12. The highest BCUT2D eigenvalue weighted by Gasteiger charge is 2.27. The van der Waals surface area contributed by atoms with Crippen LogP contribution in [0.1, 0.15) is 42.6 Å². The summed E-state index contributed by atoms with van der Waals surface area (Å²) in [5.41, 5.74) is 2.31. The summed E-state index contributed by atoms with van der Waals surface area (Å²) in [5.74, 6) is 0.613. The normalized spacial score (nSPS) is 16.0. The first-order valence-corrected chi connectivity index (χ1v) is 9.92. The monoisotopic (exact) mass is 376 g/mol. The minimum Gasteiger partial charge on any atom is -0.360 e. The van der Waals surface area contributed by atoms with Crippen LogP contribution in [0.15, 0.2) is 22.5 Å². The lowest BCUT2D eigenvalue weighted by atomic mass is 9.99. The Balaban J connectivity index is 1.59. The van der Waals surface area contributed by atoms with E-state index in [-0.39, 0.29) is 17.6 Å². The van der Waals surface area contributed by atoms with Crippen LogP contribution in [0.5, 0.6) is 0 Å². The largest absolute Gasteiger partial charge is 0.360 e. The fourth-order valence-corrected chi connectivity index (χ4v) is 4.09. The molecule has 1 amide bonds. The molecule has 2 heterocycles. The first-order chi connectivity index (χ1) is 11.9. The maximum Gasteiger partial charge on any atom is 0.231 e. The topological polar surface area (TPSA) is 84.0 Å². The van der Waals surface area contributed by atoms with Gasteiger partial charge in [-0.1, -0.05) is 36.9 Å². The number of aromatic nitrogens is 2. The number of hydrogen-bond donors (Lipinski definition) is 2. The number of amides is 1. The number of benzene rings is 1. The van der Waals surface area contributed by atoms with Gasteiger partial charge >= 0.3 is 0 Å². The summed E-state index contributed by atoms with van der Waals surface area (Å²) in [7, 11) is 0. The maximum atomic E-state index is 12.4. The van der Waals surface area contributed by atoms with Gasteiger partial charge in [0.15, 0.2) is 10.1 Å². The van der Waals surface area contributed by atoms with Gasteiger partial charge in [-0.25, -0.2) is 0 Å². The van der Waals surface area contributed by atoms with Crippen molar-refractivity contribution in [2.75, 3.05) is 22.9 Å². The average molecular weight is 377 g/mol. The maximum absolute atomic E-state index is 12.4. The van der Waals surface area contributed by atoms with E-state index in [1.165, 1.54) is 23.1 Å². The van der Waals surface area contributed by atoms with Crippen molar-refractivity contribution in [2.45, 2.75) is 31.0 Å². The Morgan fingerprint density at radius 2 is 2.20 bits per heavy atom. The SMILES string of the molecule is CC(C)CNc1nnc(SCC(=O)c2ccc3c(c2)[C@@H](C)C(=O)N3)s1. The molecule has 0 bridgehead atoms. The average Bonchev–Trinajstić information content (AvgIpc) is 3.15. The minimum atomic E-state index is -0.215. The Kier molecular flexibility index (Phi) is 5.39. The molecule has 0 unspecified atom stereocenters. The highest BCUT2D eigenvalue weighted by molar-refractivity contribution is 8.01. The van der Waals surface area contributed by atoms with Gasteiger partial charge in [-0.3, -0.25) is 9.59 Å². The lowest BCUT2D eigenvalue weighted by Gasteiger charge is -2.05. The van der Waals surface area contributed by atoms with Gasteiger partial charge in [0.05, 0.1) is 11.7 Å². The third-order valence-corrected chi connectivity index (χ3v) is 5.90. The van der Waals surface area contributed by atoms with Crippen LogP contribution in [0.2, 0.25) is 0 Å². The van der Waals surface area contributed by atoms with Crippen molar-refractivity contribution in [3.05, 3.63) is 29.3 Å². The van der Waals surface area contributed by atoms with Crippen LogP contribution in [-0.2, 0) is 4.79 Å². The van der Waals surface area contributed by atoms with Crippen LogP contribution in [-0.4, -0.2) is 34.2 Å². The number of fused-ring (bicyclic) bond motifs is 1. The van der Waals surface area contributed by atoms with Crippen LogP contribution in [0.4, 0.5) is 10.8 Å². The summed E-state index contributed by atoms with van der Waals surface area (Å²) in [5, 5.41) is 15.0. The van der Waals surface area contributed by atoms with Crippen LogP contribution >= 0.6 is 23.1 Å². The standard InChI is InChI=1S/C17H20N4O2S2/c1-9(2)7-18-16-20-21-17(25-16)24-8-14(22)11-4-5-13-12(6-11)10(3)15(23)19-13/h4-6,9-10H,7-8H2,1-3H3,(H,18,20)(H,19,23)/t10-/m1/s1. The minimum absolute atomic E-state index is 0.0197. The Morgan fingerprint density at radius 1 is 1.40 bits per heavy atom. The highest BCUT2D eigenvalue weighted by atomic mass is 32.2. The van der Waals surface area contributed by atoms with Crippen LogP contribution < -0.4 is 10.6 Å². The molecule has 6 nitrogen and oxygen atoms in total. The predicted molar refractivity (Wildman–Crippen MR) is 102 cm³/mol. The van der Waals surface area contributed by atoms with E-state index in [1.54, 1.807) is 12.1 Å². The van der Waals surface area contributed by atoms with Crippen LogP contribution in [0, 0.1) is 5.92 Å². The molecule has 0 radical (unpaired) electrons. The molecule has 1 atom stereocenters. The van der Waals surface area contributed by atoms with Gasteiger partial charge in [-0.15, -0.1) is 10.2 Å². The zero-order valence-corrected chi connectivity index (χ0v) is 16.0. The second-order valence-electron chi connectivity index (χ2n) is 6.37. The number of nitrogens with one attached hydrogen (secondary N) is 2. The van der Waals surface area contributed by atoms with Gasteiger partial charge in [0, 0.05) is 17.8 Å². The molecule has 0 saturated heterocycles. The van der Waals surface area contributed by atoms with Crippen molar-refractivity contribution >= 4 is 45.6 Å². The van der Waals surface area contributed by atoms with Crippen molar-refractivity contribution in [1.82, 2.24) is 10.2 Å². The molecule has 8 heteroatoms. The third kappa shape index (κ3) is 4.19. The number of Topliss-reactive ketones (excluding diaryl/α,β-unsaturated/α-hetero) is 1. The Bertz CT molecular complexity index is 804. The molecule has 3 rings (SSSR count). The lowest BCUT2D eigenvalue weighted by molar-refractivity contribution is -0.116. The molecule has 2 aromatic rings. The number of carbonyl (C=O) groups excluding carboxylic acids is 2. The number of hydrogen-bond acceptors (Lipinski definition) is 7. The lowest BCUT2D eigenvalue weighted by Crippen LogP contribution is -2.08. The van der Waals surface area contributed by atoms with E-state index >= 15 is 0 Å². The number of thioether (sulfide) groups is 1. The van der Waals surface area contributed by atoms with Gasteiger partial charge in [-0.2, -0.15) is 0 Å². The van der Waals surface area contributed by atoms with E-state index in [0.717, 1.165) is 27.3 Å². The zero-order chi connectivity index (χ0) is 18.0. The summed E-state index contributed by atoms with van der Waals surface area (Å²) < 4.78 is 0.769. The summed E-state index contributed by atoms with van der Waals surface area (Å²) in [6.45, 7) is 6.95. The number of ketones is 1. The quantitative estimate of drug-likeness (QED) is 0.567. The van der Waals surface area contributed by atoms with Crippen molar-refractivity contribution in [3.63, 3.8) is 0 Å². The Hall–Kier alpha value is -1.93. The zero-order valence-electron chi connectivity index (χ0n) is 14.3. The molecular weight excluding hydrogens is 356 g/mol. The van der Waals surface area contributed by atoms with E-state index in [1.807, 2.05) is 13.0 Å². The van der Waals surface area contributed by atoms with Crippen LogP contribution in [0.3, 0.4) is 0 Å². The molecule has 1 aliphatic heterocycles. The fourth-order valence-electron chi connectivity index (χ4n) is 2.43. The number of carbonyl (C=O) groups is 2. The molecule has 0 saturated carbocycles. The second kappa shape index (κ2) is 7.53. The van der Waals surface area contributed by atoms with Crippen molar-refractivity contribution in [3.8, 4) is 0 Å². The molecule has 0 fully saturated rings. The molecule has 1 aliphatic rings. The fraction of sp³-hybridized carbons (Fsp3) is 0.412. The van der Waals surface area contributed by atoms with Crippen molar-refractivity contribution in [1.29, 1.82) is 0 Å². The second-order valence-corrected chi connectivity index (χ2v) is 8.57. The molecule has 0 spiro atoms. The van der Waals surface area contributed by atoms with E-state index in [9.17, 15) is 9.59 Å². The molecule has 0 aliphatic carbocycles. The van der Waals surface area contributed by atoms with Crippen LogP contribution in [0.25, 0.3) is 0 Å². The third-order valence-electron chi connectivity index (χ3n) is 3.89. The van der Waals surface area contributed by atoms with E-state index in [0.29, 0.717) is 17.2 Å². The number of anilines is 2. The Labute approximate surface area is 154 Å². The molecule has 2 N–H and O–H groups in total. The van der Waals surface area contributed by atoms with Crippen molar-refractivity contribution < 1.29 is 9.59 Å². The highest BCUT2D eigenvalue weighted by Crippen LogP contribution is 2.33. The van der Waals surface area contributed by atoms with Gasteiger partial charge in [-0.05, 0) is 36.6 Å². The number of rotatable bonds is 7.